The summed E-state index contributed by atoms with van der Waals surface area (Å²) in [5.74, 6) is 4.68. The molecule has 0 saturated carbocycles. The highest BCUT2D eigenvalue weighted by atomic mass is 19.2. The van der Waals surface area contributed by atoms with Crippen LogP contribution in [0.15, 0.2) is 24.5 Å². The van der Waals surface area contributed by atoms with Gasteiger partial charge in [-0.2, -0.15) is 5.10 Å². The van der Waals surface area contributed by atoms with Crippen molar-refractivity contribution in [3.05, 3.63) is 47.5 Å². The molecule has 0 amide bonds. The Morgan fingerprint density at radius 1 is 1.29 bits per heavy atom. The predicted molar refractivity (Wildman–Crippen MR) is 75.2 cm³/mol. The SMILES string of the molecule is CCCn1ncnc1CC(Cc1ccc(F)c(F)c1)NN. The quantitative estimate of drug-likeness (QED) is 0.601. The number of nitrogens with one attached hydrogen (secondary N) is 1. The van der Waals surface area contributed by atoms with Gasteiger partial charge in [0.2, 0.25) is 0 Å². The molecule has 0 saturated heterocycles. The van der Waals surface area contributed by atoms with E-state index in [0.717, 1.165) is 24.9 Å². The Morgan fingerprint density at radius 3 is 2.76 bits per heavy atom. The molecule has 3 N–H and O–H groups in total. The molecule has 7 heteroatoms. The molecule has 21 heavy (non-hydrogen) atoms. The van der Waals surface area contributed by atoms with E-state index in [2.05, 4.69) is 22.4 Å². The maximum Gasteiger partial charge on any atom is 0.159 e. The molecule has 114 valence electrons. The van der Waals surface area contributed by atoms with Gasteiger partial charge in [-0.1, -0.05) is 13.0 Å². The molecular weight excluding hydrogens is 276 g/mol. The molecule has 0 aliphatic heterocycles. The maximum absolute atomic E-state index is 13.2. The summed E-state index contributed by atoms with van der Waals surface area (Å²) in [6.07, 6.45) is 3.51. The van der Waals surface area contributed by atoms with Gasteiger partial charge in [0.25, 0.3) is 0 Å². The number of hydrazine groups is 1. The van der Waals surface area contributed by atoms with Gasteiger partial charge in [-0.15, -0.1) is 0 Å². The number of aryl methyl sites for hydroxylation is 1. The lowest BCUT2D eigenvalue weighted by Crippen LogP contribution is -2.39. The van der Waals surface area contributed by atoms with Crippen molar-refractivity contribution in [3.63, 3.8) is 0 Å². The number of hydrogen-bond donors (Lipinski definition) is 2. The maximum atomic E-state index is 13.2. The standard InChI is InChI=1S/C14H19F2N5/c1-2-5-21-14(18-9-19-21)8-11(20-17)6-10-3-4-12(15)13(16)7-10/h3-4,7,9,11,20H,2,5-6,8,17H2,1H3. The van der Waals surface area contributed by atoms with Gasteiger partial charge in [-0.3, -0.25) is 16.0 Å². The Hall–Kier alpha value is -1.86. The third-order valence-corrected chi connectivity index (χ3v) is 3.26. The monoisotopic (exact) mass is 295 g/mol. The van der Waals surface area contributed by atoms with Gasteiger partial charge in [0.15, 0.2) is 11.6 Å². The highest BCUT2D eigenvalue weighted by molar-refractivity contribution is 5.19. The molecule has 0 radical (unpaired) electrons. The van der Waals surface area contributed by atoms with Crippen LogP contribution in [-0.2, 0) is 19.4 Å². The topological polar surface area (TPSA) is 68.8 Å². The number of benzene rings is 1. The van der Waals surface area contributed by atoms with Crippen molar-refractivity contribution in [1.82, 2.24) is 20.2 Å². The number of halogens is 2. The van der Waals surface area contributed by atoms with E-state index in [1.54, 1.807) is 6.07 Å². The van der Waals surface area contributed by atoms with Crippen molar-refractivity contribution in [2.75, 3.05) is 0 Å². The molecule has 0 fully saturated rings. The van der Waals surface area contributed by atoms with E-state index >= 15 is 0 Å². The van der Waals surface area contributed by atoms with E-state index in [0.29, 0.717) is 18.4 Å². The first-order valence-corrected chi connectivity index (χ1v) is 6.90. The second-order valence-electron chi connectivity index (χ2n) is 4.92. The van der Waals surface area contributed by atoms with Crippen LogP contribution >= 0.6 is 0 Å². The molecule has 2 aromatic rings. The number of aromatic nitrogens is 3. The van der Waals surface area contributed by atoms with Gasteiger partial charge in [0.05, 0.1) is 0 Å². The molecule has 0 aliphatic carbocycles. The summed E-state index contributed by atoms with van der Waals surface area (Å²) in [6, 6.07) is 3.74. The van der Waals surface area contributed by atoms with E-state index < -0.39 is 11.6 Å². The van der Waals surface area contributed by atoms with Crippen molar-refractivity contribution in [1.29, 1.82) is 0 Å². The lowest BCUT2D eigenvalue weighted by atomic mass is 10.0. The first-order valence-electron chi connectivity index (χ1n) is 6.90. The molecule has 0 aliphatic rings. The van der Waals surface area contributed by atoms with Crippen LogP contribution in [0, 0.1) is 11.6 Å². The minimum Gasteiger partial charge on any atom is -0.271 e. The van der Waals surface area contributed by atoms with Gasteiger partial charge in [-0.25, -0.2) is 13.8 Å². The lowest BCUT2D eigenvalue weighted by molar-refractivity contribution is 0.477. The molecule has 5 nitrogen and oxygen atoms in total. The molecular formula is C14H19F2N5. The third-order valence-electron chi connectivity index (χ3n) is 3.26. The zero-order valence-corrected chi connectivity index (χ0v) is 11.9. The van der Waals surface area contributed by atoms with E-state index in [1.165, 1.54) is 12.4 Å². The fourth-order valence-electron chi connectivity index (χ4n) is 2.21. The van der Waals surface area contributed by atoms with Crippen molar-refractivity contribution in [2.24, 2.45) is 5.84 Å². The van der Waals surface area contributed by atoms with Gasteiger partial charge >= 0.3 is 0 Å². The molecule has 1 aromatic carbocycles. The first kappa shape index (κ1) is 15.5. The van der Waals surface area contributed by atoms with Crippen LogP contribution in [0.25, 0.3) is 0 Å². The van der Waals surface area contributed by atoms with Gasteiger partial charge in [-0.05, 0) is 30.5 Å². The van der Waals surface area contributed by atoms with Crippen LogP contribution in [0.1, 0.15) is 24.7 Å². The first-order chi connectivity index (χ1) is 10.1. The summed E-state index contributed by atoms with van der Waals surface area (Å²) in [6.45, 7) is 2.85. The molecule has 1 aromatic heterocycles. The Kier molecular flexibility index (Phi) is 5.35. The van der Waals surface area contributed by atoms with Crippen molar-refractivity contribution in [2.45, 2.75) is 38.8 Å². The Bertz CT molecular complexity index is 584. The summed E-state index contributed by atoms with van der Waals surface area (Å²) in [5, 5.41) is 4.15. The molecule has 0 bridgehead atoms. The molecule has 1 unspecified atom stereocenters. The fraction of sp³-hybridized carbons (Fsp3) is 0.429. The van der Waals surface area contributed by atoms with E-state index in [1.807, 2.05) is 4.68 Å². The van der Waals surface area contributed by atoms with E-state index in [-0.39, 0.29) is 6.04 Å². The Balaban J connectivity index is 2.05. The summed E-state index contributed by atoms with van der Waals surface area (Å²) < 4.78 is 28.0. The third kappa shape index (κ3) is 4.05. The molecule has 1 atom stereocenters. The van der Waals surface area contributed by atoms with Crippen LogP contribution in [0.2, 0.25) is 0 Å². The smallest absolute Gasteiger partial charge is 0.159 e. The highest BCUT2D eigenvalue weighted by Gasteiger charge is 2.14. The van der Waals surface area contributed by atoms with Crippen LogP contribution in [-0.4, -0.2) is 20.8 Å². The number of nitrogens with zero attached hydrogens (tertiary/aromatic N) is 3. The highest BCUT2D eigenvalue weighted by Crippen LogP contribution is 2.12. The van der Waals surface area contributed by atoms with Crippen LogP contribution in [0.5, 0.6) is 0 Å². The summed E-state index contributed by atoms with van der Waals surface area (Å²) in [5.41, 5.74) is 3.37. The Morgan fingerprint density at radius 2 is 2.10 bits per heavy atom. The van der Waals surface area contributed by atoms with Crippen LogP contribution in [0.4, 0.5) is 8.78 Å². The average Bonchev–Trinajstić information content (AvgIpc) is 2.90. The van der Waals surface area contributed by atoms with Crippen LogP contribution in [0.3, 0.4) is 0 Å². The Labute approximate surface area is 122 Å². The zero-order valence-electron chi connectivity index (χ0n) is 11.9. The predicted octanol–water partition coefficient (Wildman–Crippen LogP) is 1.58. The van der Waals surface area contributed by atoms with Crippen LogP contribution < -0.4 is 11.3 Å². The van der Waals surface area contributed by atoms with Crippen molar-refractivity contribution >= 4 is 0 Å². The normalized spacial score (nSPS) is 12.6. The minimum absolute atomic E-state index is 0.130. The van der Waals surface area contributed by atoms with E-state index in [9.17, 15) is 8.78 Å². The summed E-state index contributed by atoms with van der Waals surface area (Å²) >= 11 is 0. The summed E-state index contributed by atoms with van der Waals surface area (Å²) in [7, 11) is 0. The largest absolute Gasteiger partial charge is 0.271 e. The number of nitrogens with two attached hydrogens (primary N) is 1. The molecule has 1 heterocycles. The summed E-state index contributed by atoms with van der Waals surface area (Å²) in [4.78, 5) is 4.22. The zero-order chi connectivity index (χ0) is 15.2. The van der Waals surface area contributed by atoms with E-state index in [4.69, 9.17) is 5.84 Å². The van der Waals surface area contributed by atoms with Crippen molar-refractivity contribution < 1.29 is 8.78 Å². The van der Waals surface area contributed by atoms with Gasteiger partial charge in [0, 0.05) is 19.0 Å². The number of rotatable bonds is 7. The fourth-order valence-corrected chi connectivity index (χ4v) is 2.21. The van der Waals surface area contributed by atoms with Crippen molar-refractivity contribution in [3.8, 4) is 0 Å². The molecule has 0 spiro atoms. The second-order valence-corrected chi connectivity index (χ2v) is 4.92. The van der Waals surface area contributed by atoms with Gasteiger partial charge in [0.1, 0.15) is 12.2 Å². The lowest BCUT2D eigenvalue weighted by Gasteiger charge is -2.16. The second kappa shape index (κ2) is 7.24. The number of hydrogen-bond acceptors (Lipinski definition) is 4. The molecule has 2 rings (SSSR count). The average molecular weight is 295 g/mol. The van der Waals surface area contributed by atoms with Gasteiger partial charge < -0.3 is 0 Å². The minimum atomic E-state index is -0.850.